The van der Waals surface area contributed by atoms with E-state index < -0.39 is 6.03 Å². The van der Waals surface area contributed by atoms with E-state index in [2.05, 4.69) is 24.4 Å². The van der Waals surface area contributed by atoms with Gasteiger partial charge in [-0.3, -0.25) is 4.79 Å². The van der Waals surface area contributed by atoms with Crippen LogP contribution < -0.4 is 10.2 Å². The molecule has 0 aliphatic carbocycles. The normalized spacial score (nSPS) is 9.39. The van der Waals surface area contributed by atoms with Gasteiger partial charge in [0, 0.05) is 6.54 Å². The minimum Gasteiger partial charge on any atom is -0.338 e. The number of rotatable bonds is 3. The molecule has 0 saturated heterocycles. The van der Waals surface area contributed by atoms with E-state index in [9.17, 15) is 9.59 Å². The van der Waals surface area contributed by atoms with Crippen molar-refractivity contribution in [3.63, 3.8) is 0 Å². The molecule has 0 unspecified atom stereocenters. The van der Waals surface area contributed by atoms with Gasteiger partial charge in [-0.15, -0.1) is 0 Å². The summed E-state index contributed by atoms with van der Waals surface area (Å²) < 4.78 is 0. The summed E-state index contributed by atoms with van der Waals surface area (Å²) in [6.07, 6.45) is 0.527. The number of imide groups is 1. The van der Waals surface area contributed by atoms with Crippen molar-refractivity contribution >= 4 is 18.1 Å². The van der Waals surface area contributed by atoms with Crippen LogP contribution in [0.2, 0.25) is 0 Å². The van der Waals surface area contributed by atoms with E-state index in [0.717, 1.165) is 16.0 Å². The SMILES string of the molecule is CCNC(=O)N(C=O)c1cc(C)cc(C)c1.Cc1ccccc1. The number of hydrogen-bond donors (Lipinski definition) is 1. The summed E-state index contributed by atoms with van der Waals surface area (Å²) in [5.41, 5.74) is 3.96. The Bertz CT molecular complexity index is 619. The van der Waals surface area contributed by atoms with E-state index in [0.29, 0.717) is 18.6 Å². The van der Waals surface area contributed by atoms with Gasteiger partial charge in [0.25, 0.3) is 0 Å². The van der Waals surface area contributed by atoms with Crippen LogP contribution in [0.3, 0.4) is 0 Å². The quantitative estimate of drug-likeness (QED) is 0.871. The van der Waals surface area contributed by atoms with Crippen molar-refractivity contribution in [2.75, 3.05) is 11.4 Å². The van der Waals surface area contributed by atoms with Gasteiger partial charge in [-0.25, -0.2) is 9.69 Å². The summed E-state index contributed by atoms with van der Waals surface area (Å²) in [7, 11) is 0. The number of anilines is 1. The fourth-order valence-corrected chi connectivity index (χ4v) is 2.09. The van der Waals surface area contributed by atoms with Crippen molar-refractivity contribution in [1.29, 1.82) is 0 Å². The largest absolute Gasteiger partial charge is 0.338 e. The Balaban J connectivity index is 0.000000313. The molecule has 4 nitrogen and oxygen atoms in total. The molecule has 0 aromatic heterocycles. The highest BCUT2D eigenvalue weighted by Crippen LogP contribution is 2.17. The number of amides is 3. The zero-order chi connectivity index (χ0) is 17.2. The molecule has 3 amide bonds. The first-order valence-electron chi connectivity index (χ1n) is 7.60. The van der Waals surface area contributed by atoms with Gasteiger partial charge in [0.05, 0.1) is 5.69 Å². The van der Waals surface area contributed by atoms with E-state index in [4.69, 9.17) is 0 Å². The van der Waals surface area contributed by atoms with Crippen molar-refractivity contribution in [3.8, 4) is 0 Å². The first-order chi connectivity index (χ1) is 11.0. The number of carbonyl (C=O) groups excluding carboxylic acids is 2. The Morgan fingerprint density at radius 2 is 1.57 bits per heavy atom. The van der Waals surface area contributed by atoms with Crippen molar-refractivity contribution in [1.82, 2.24) is 5.32 Å². The number of nitrogens with one attached hydrogen (secondary N) is 1. The fourth-order valence-electron chi connectivity index (χ4n) is 2.09. The number of nitrogens with zero attached hydrogens (tertiary/aromatic N) is 1. The molecule has 0 aliphatic heterocycles. The second-order valence-electron chi connectivity index (χ2n) is 5.31. The summed E-state index contributed by atoms with van der Waals surface area (Å²) in [5.74, 6) is 0. The van der Waals surface area contributed by atoms with E-state index in [-0.39, 0.29) is 0 Å². The average molecular weight is 312 g/mol. The number of benzene rings is 2. The molecule has 0 fully saturated rings. The summed E-state index contributed by atoms with van der Waals surface area (Å²) in [6.45, 7) is 8.24. The van der Waals surface area contributed by atoms with E-state index in [1.54, 1.807) is 12.1 Å². The van der Waals surface area contributed by atoms with Gasteiger partial charge >= 0.3 is 6.03 Å². The lowest BCUT2D eigenvalue weighted by Crippen LogP contribution is -2.39. The van der Waals surface area contributed by atoms with Crippen LogP contribution in [0.5, 0.6) is 0 Å². The van der Waals surface area contributed by atoms with Crippen LogP contribution >= 0.6 is 0 Å². The highest BCUT2D eigenvalue weighted by atomic mass is 16.2. The zero-order valence-electron chi connectivity index (χ0n) is 14.2. The van der Waals surface area contributed by atoms with Gasteiger partial charge in [0.1, 0.15) is 0 Å². The van der Waals surface area contributed by atoms with Crippen LogP contribution in [0.4, 0.5) is 10.5 Å². The van der Waals surface area contributed by atoms with Crippen LogP contribution in [-0.4, -0.2) is 19.0 Å². The number of carbonyl (C=O) groups is 2. The van der Waals surface area contributed by atoms with Crippen molar-refractivity contribution in [2.24, 2.45) is 0 Å². The highest BCUT2D eigenvalue weighted by molar-refractivity contribution is 6.06. The molecule has 2 rings (SSSR count). The standard InChI is InChI=1S/C12H16N2O2.C7H8/c1-4-13-12(16)14(8-15)11-6-9(2)5-10(3)7-11;1-7-5-3-2-4-6-7/h5-8H,4H2,1-3H3,(H,13,16);2-6H,1H3. The molecule has 23 heavy (non-hydrogen) atoms. The molecule has 0 heterocycles. The zero-order valence-corrected chi connectivity index (χ0v) is 14.2. The van der Waals surface area contributed by atoms with E-state index in [1.807, 2.05) is 45.0 Å². The maximum Gasteiger partial charge on any atom is 0.328 e. The minimum atomic E-state index is -0.400. The second-order valence-corrected chi connectivity index (χ2v) is 5.31. The predicted octanol–water partition coefficient (Wildman–Crippen LogP) is 3.99. The predicted molar refractivity (Wildman–Crippen MR) is 94.7 cm³/mol. The monoisotopic (exact) mass is 312 g/mol. The van der Waals surface area contributed by atoms with Gasteiger partial charge in [-0.2, -0.15) is 0 Å². The van der Waals surface area contributed by atoms with E-state index >= 15 is 0 Å². The molecule has 0 radical (unpaired) electrons. The number of urea groups is 1. The Morgan fingerprint density at radius 3 is 1.96 bits per heavy atom. The molecule has 2 aromatic carbocycles. The van der Waals surface area contributed by atoms with Gasteiger partial charge in [0.15, 0.2) is 0 Å². The van der Waals surface area contributed by atoms with Crippen molar-refractivity contribution in [3.05, 3.63) is 65.2 Å². The lowest BCUT2D eigenvalue weighted by molar-refractivity contribution is -0.106. The molecule has 4 heteroatoms. The summed E-state index contributed by atoms with van der Waals surface area (Å²) >= 11 is 0. The second kappa shape index (κ2) is 9.41. The maximum absolute atomic E-state index is 11.6. The van der Waals surface area contributed by atoms with Crippen LogP contribution in [-0.2, 0) is 4.79 Å². The Kier molecular flexibility index (Phi) is 7.54. The molecule has 1 N–H and O–H groups in total. The third-order valence-corrected chi connectivity index (χ3v) is 3.08. The van der Waals surface area contributed by atoms with E-state index in [1.165, 1.54) is 5.56 Å². The molecule has 0 saturated carbocycles. The fraction of sp³-hybridized carbons (Fsp3) is 0.263. The summed E-state index contributed by atoms with van der Waals surface area (Å²) in [4.78, 5) is 23.6. The summed E-state index contributed by atoms with van der Waals surface area (Å²) in [6, 6.07) is 15.5. The molecule has 122 valence electrons. The lowest BCUT2D eigenvalue weighted by Gasteiger charge is -2.16. The average Bonchev–Trinajstić information content (AvgIpc) is 2.48. The summed E-state index contributed by atoms with van der Waals surface area (Å²) in [5, 5.41) is 2.59. The molecule has 2 aromatic rings. The smallest absolute Gasteiger partial charge is 0.328 e. The van der Waals surface area contributed by atoms with Gasteiger partial charge in [0.2, 0.25) is 6.41 Å². The minimum absolute atomic E-state index is 0.400. The van der Waals surface area contributed by atoms with Gasteiger partial charge in [-0.05, 0) is 51.0 Å². The molecular formula is C19H24N2O2. The molecule has 0 spiro atoms. The Labute approximate surface area is 138 Å². The molecule has 0 bridgehead atoms. The van der Waals surface area contributed by atoms with Gasteiger partial charge < -0.3 is 5.32 Å². The van der Waals surface area contributed by atoms with Crippen molar-refractivity contribution < 1.29 is 9.59 Å². The Morgan fingerprint density at radius 1 is 1.00 bits per heavy atom. The van der Waals surface area contributed by atoms with Crippen molar-refractivity contribution in [2.45, 2.75) is 27.7 Å². The first kappa shape index (κ1) is 18.4. The molecule has 0 atom stereocenters. The third-order valence-electron chi connectivity index (χ3n) is 3.08. The highest BCUT2D eigenvalue weighted by Gasteiger charge is 2.14. The van der Waals surface area contributed by atoms with Crippen LogP contribution in [0.15, 0.2) is 48.5 Å². The van der Waals surface area contributed by atoms with Crippen LogP contribution in [0, 0.1) is 20.8 Å². The van der Waals surface area contributed by atoms with Crippen LogP contribution in [0.25, 0.3) is 0 Å². The molecular weight excluding hydrogens is 288 g/mol. The maximum atomic E-state index is 11.6. The lowest BCUT2D eigenvalue weighted by atomic mass is 10.1. The Hall–Kier alpha value is -2.62. The first-order valence-corrected chi connectivity index (χ1v) is 7.60. The van der Waals surface area contributed by atoms with Gasteiger partial charge in [-0.1, -0.05) is 42.0 Å². The van der Waals surface area contributed by atoms with Crippen LogP contribution in [0.1, 0.15) is 23.6 Å². The number of hydrogen-bond acceptors (Lipinski definition) is 2. The third kappa shape index (κ3) is 6.34. The number of aryl methyl sites for hydroxylation is 3. The molecule has 0 aliphatic rings. The topological polar surface area (TPSA) is 49.4 Å².